The van der Waals surface area contributed by atoms with Crippen molar-refractivity contribution in [3.8, 4) is 0 Å². The first-order chi connectivity index (χ1) is 10.6. The van der Waals surface area contributed by atoms with E-state index in [1.165, 1.54) is 29.3 Å². The number of carbonyl (C=O) groups is 2. The molecule has 2 heterocycles. The maximum Gasteiger partial charge on any atom is 0.247 e. The minimum atomic E-state index is -0.256. The number of hydrogen-bond donors (Lipinski definition) is 2. The molecule has 0 unspecified atom stereocenters. The van der Waals surface area contributed by atoms with Crippen LogP contribution < -0.4 is 10.6 Å². The smallest absolute Gasteiger partial charge is 0.247 e. The van der Waals surface area contributed by atoms with Gasteiger partial charge in [-0.15, -0.1) is 16.4 Å². The average molecular weight is 316 g/mol. The molecule has 0 radical (unpaired) electrons. The fraction of sp³-hybridized carbons (Fsp3) is 0.154. The largest absolute Gasteiger partial charge is 0.324 e. The average Bonchev–Trinajstić information content (AvgIpc) is 3.06. The maximum absolute atomic E-state index is 12.0. The van der Waals surface area contributed by atoms with Crippen LogP contribution in [0.1, 0.15) is 6.92 Å². The second kappa shape index (κ2) is 5.90. The number of nitrogens with zero attached hydrogens (tertiary/aromatic N) is 4. The molecule has 112 valence electrons. The number of hydrogen-bond acceptors (Lipinski definition) is 6. The summed E-state index contributed by atoms with van der Waals surface area (Å²) in [5, 5.41) is 13.2. The van der Waals surface area contributed by atoms with Crippen LogP contribution in [0.15, 0.2) is 29.9 Å². The molecular weight excluding hydrogens is 304 g/mol. The molecule has 0 aliphatic rings. The molecule has 2 amide bonds. The predicted octanol–water partition coefficient (Wildman–Crippen LogP) is 1.48. The van der Waals surface area contributed by atoms with Gasteiger partial charge in [0.1, 0.15) is 6.54 Å². The van der Waals surface area contributed by atoms with Crippen molar-refractivity contribution in [1.29, 1.82) is 0 Å². The van der Waals surface area contributed by atoms with Gasteiger partial charge in [0.05, 0.1) is 21.9 Å². The quantitative estimate of drug-likeness (QED) is 0.759. The fourth-order valence-corrected chi connectivity index (χ4v) is 2.59. The van der Waals surface area contributed by atoms with E-state index >= 15 is 0 Å². The number of thiazole rings is 1. The third kappa shape index (κ3) is 3.26. The Morgan fingerprint density at radius 2 is 2.18 bits per heavy atom. The van der Waals surface area contributed by atoms with E-state index in [1.54, 1.807) is 11.6 Å². The highest BCUT2D eigenvalue weighted by molar-refractivity contribution is 7.16. The Kier molecular flexibility index (Phi) is 3.79. The van der Waals surface area contributed by atoms with Crippen molar-refractivity contribution in [3.05, 3.63) is 29.9 Å². The zero-order chi connectivity index (χ0) is 15.5. The van der Waals surface area contributed by atoms with E-state index in [-0.39, 0.29) is 18.4 Å². The molecule has 2 aromatic heterocycles. The van der Waals surface area contributed by atoms with Crippen molar-refractivity contribution in [1.82, 2.24) is 20.0 Å². The highest BCUT2D eigenvalue weighted by Gasteiger charge is 2.08. The molecule has 0 saturated carbocycles. The predicted molar refractivity (Wildman–Crippen MR) is 82.6 cm³/mol. The monoisotopic (exact) mass is 316 g/mol. The van der Waals surface area contributed by atoms with Crippen molar-refractivity contribution in [2.24, 2.45) is 0 Å². The second-order valence-electron chi connectivity index (χ2n) is 4.52. The summed E-state index contributed by atoms with van der Waals surface area (Å²) in [6.45, 7) is 1.33. The second-order valence-corrected chi connectivity index (χ2v) is 5.41. The van der Waals surface area contributed by atoms with Crippen LogP contribution >= 0.6 is 11.3 Å². The van der Waals surface area contributed by atoms with E-state index in [2.05, 4.69) is 25.8 Å². The van der Waals surface area contributed by atoms with Crippen LogP contribution in [-0.4, -0.2) is 31.8 Å². The van der Waals surface area contributed by atoms with Crippen LogP contribution in [0, 0.1) is 0 Å². The van der Waals surface area contributed by atoms with Crippen LogP contribution in [0.4, 0.5) is 11.5 Å². The Bertz CT molecular complexity index is 840. The molecule has 0 spiro atoms. The molecule has 0 fully saturated rings. The Balaban J connectivity index is 1.64. The highest BCUT2D eigenvalue weighted by atomic mass is 32.1. The molecule has 22 heavy (non-hydrogen) atoms. The van der Waals surface area contributed by atoms with Gasteiger partial charge in [0, 0.05) is 12.6 Å². The molecule has 8 nitrogen and oxygen atoms in total. The number of aromatic nitrogens is 4. The van der Waals surface area contributed by atoms with Gasteiger partial charge in [-0.2, -0.15) is 9.90 Å². The van der Waals surface area contributed by atoms with Gasteiger partial charge in [0.25, 0.3) is 0 Å². The fourth-order valence-electron chi connectivity index (χ4n) is 1.87. The van der Waals surface area contributed by atoms with E-state index in [0.717, 1.165) is 10.2 Å². The SMILES string of the molecule is CC(=O)Nc1cnn(CC(=O)Nc2ccc3ncsc3c2)n1. The van der Waals surface area contributed by atoms with Gasteiger partial charge in [-0.3, -0.25) is 9.59 Å². The van der Waals surface area contributed by atoms with Crippen LogP contribution in [0.5, 0.6) is 0 Å². The zero-order valence-corrected chi connectivity index (χ0v) is 12.4. The Labute approximate surface area is 129 Å². The van der Waals surface area contributed by atoms with E-state index in [9.17, 15) is 9.59 Å². The Morgan fingerprint density at radius 1 is 1.32 bits per heavy atom. The summed E-state index contributed by atoms with van der Waals surface area (Å²) < 4.78 is 1.00. The number of anilines is 2. The number of amides is 2. The van der Waals surface area contributed by atoms with Crippen LogP contribution in [0.2, 0.25) is 0 Å². The van der Waals surface area contributed by atoms with E-state index < -0.39 is 0 Å². The molecule has 0 aliphatic carbocycles. The summed E-state index contributed by atoms with van der Waals surface area (Å²) in [5.74, 6) is -0.186. The maximum atomic E-state index is 12.0. The molecule has 0 saturated heterocycles. The van der Waals surface area contributed by atoms with Gasteiger partial charge in [0.15, 0.2) is 5.82 Å². The summed E-state index contributed by atoms with van der Waals surface area (Å²) in [6, 6.07) is 5.51. The van der Waals surface area contributed by atoms with Gasteiger partial charge in [-0.25, -0.2) is 4.98 Å². The highest BCUT2D eigenvalue weighted by Crippen LogP contribution is 2.21. The Hall–Kier alpha value is -2.81. The van der Waals surface area contributed by atoms with Gasteiger partial charge in [-0.1, -0.05) is 0 Å². The van der Waals surface area contributed by atoms with Crippen molar-refractivity contribution >= 4 is 44.9 Å². The molecule has 2 N–H and O–H groups in total. The molecule has 1 aromatic carbocycles. The Morgan fingerprint density at radius 3 is 3.00 bits per heavy atom. The van der Waals surface area contributed by atoms with Crippen LogP contribution in [0.3, 0.4) is 0 Å². The van der Waals surface area contributed by atoms with E-state index in [0.29, 0.717) is 11.5 Å². The molecule has 0 atom stereocenters. The number of fused-ring (bicyclic) bond motifs is 1. The lowest BCUT2D eigenvalue weighted by Crippen LogP contribution is -2.20. The molecule has 3 rings (SSSR count). The molecule has 3 aromatic rings. The van der Waals surface area contributed by atoms with Crippen molar-refractivity contribution in [2.45, 2.75) is 13.5 Å². The minimum absolute atomic E-state index is 0.0414. The summed E-state index contributed by atoms with van der Waals surface area (Å²) in [4.78, 5) is 28.3. The van der Waals surface area contributed by atoms with Crippen molar-refractivity contribution in [3.63, 3.8) is 0 Å². The van der Waals surface area contributed by atoms with Crippen LogP contribution in [-0.2, 0) is 16.1 Å². The zero-order valence-electron chi connectivity index (χ0n) is 11.6. The number of benzene rings is 1. The van der Waals surface area contributed by atoms with Gasteiger partial charge >= 0.3 is 0 Å². The standard InChI is InChI=1S/C13H12N6O2S/c1-8(20)16-12-5-15-19(18-12)6-13(21)17-9-2-3-10-11(4-9)22-7-14-10/h2-5,7H,6H2,1H3,(H,17,21)(H,16,18,20). The minimum Gasteiger partial charge on any atom is -0.324 e. The van der Waals surface area contributed by atoms with Gasteiger partial charge < -0.3 is 10.6 Å². The number of nitrogens with one attached hydrogen (secondary N) is 2. The molecule has 9 heteroatoms. The lowest BCUT2D eigenvalue weighted by molar-refractivity contribution is -0.117. The third-order valence-electron chi connectivity index (χ3n) is 2.74. The number of carbonyl (C=O) groups excluding carboxylic acids is 2. The summed E-state index contributed by atoms with van der Waals surface area (Å²) >= 11 is 1.51. The first-order valence-electron chi connectivity index (χ1n) is 6.41. The number of rotatable bonds is 4. The van der Waals surface area contributed by atoms with Gasteiger partial charge in [-0.05, 0) is 18.2 Å². The third-order valence-corrected chi connectivity index (χ3v) is 3.53. The molecular formula is C13H12N6O2S. The lowest BCUT2D eigenvalue weighted by Gasteiger charge is -2.04. The van der Waals surface area contributed by atoms with Crippen molar-refractivity contribution < 1.29 is 9.59 Å². The van der Waals surface area contributed by atoms with Gasteiger partial charge in [0.2, 0.25) is 11.8 Å². The van der Waals surface area contributed by atoms with Crippen LogP contribution in [0.25, 0.3) is 10.2 Å². The lowest BCUT2D eigenvalue weighted by atomic mass is 10.3. The summed E-state index contributed by atoms with van der Waals surface area (Å²) in [6.07, 6.45) is 1.39. The van der Waals surface area contributed by atoms with E-state index in [4.69, 9.17) is 0 Å². The molecule has 0 aliphatic heterocycles. The van der Waals surface area contributed by atoms with Crippen molar-refractivity contribution in [2.75, 3.05) is 10.6 Å². The first-order valence-corrected chi connectivity index (χ1v) is 7.29. The summed E-state index contributed by atoms with van der Waals surface area (Å²) in [7, 11) is 0. The molecule has 0 bridgehead atoms. The first kappa shape index (κ1) is 14.1. The topological polar surface area (TPSA) is 102 Å². The normalized spacial score (nSPS) is 10.6. The van der Waals surface area contributed by atoms with E-state index in [1.807, 2.05) is 12.1 Å². The summed E-state index contributed by atoms with van der Waals surface area (Å²) in [5.41, 5.74) is 3.35.